The van der Waals surface area contributed by atoms with E-state index in [-0.39, 0.29) is 0 Å². The molecule has 0 saturated heterocycles. The molecule has 3 nitrogen and oxygen atoms in total. The second-order valence-electron chi connectivity index (χ2n) is 5.27. The van der Waals surface area contributed by atoms with E-state index >= 15 is 0 Å². The molecule has 0 unspecified atom stereocenters. The fourth-order valence-corrected chi connectivity index (χ4v) is 1.97. The summed E-state index contributed by atoms with van der Waals surface area (Å²) in [6.07, 6.45) is 2.57. The van der Waals surface area contributed by atoms with Crippen LogP contribution in [0.5, 0.6) is 17.2 Å². The van der Waals surface area contributed by atoms with Crippen LogP contribution in [-0.2, 0) is 6.61 Å². The molecular formula is C18H19O3. The van der Waals surface area contributed by atoms with Crippen molar-refractivity contribution in [1.82, 2.24) is 0 Å². The Morgan fingerprint density at radius 3 is 2.38 bits per heavy atom. The molecular weight excluding hydrogens is 264 g/mol. The molecule has 0 aliphatic heterocycles. The maximum absolute atomic E-state index is 5.75. The fourth-order valence-electron chi connectivity index (χ4n) is 1.97. The van der Waals surface area contributed by atoms with Gasteiger partial charge in [-0.2, -0.15) is 0 Å². The van der Waals surface area contributed by atoms with Crippen molar-refractivity contribution in [3.05, 3.63) is 54.1 Å². The zero-order valence-corrected chi connectivity index (χ0v) is 12.2. The lowest BCUT2D eigenvalue weighted by Gasteiger charge is -2.09. The molecule has 0 N–H and O–H groups in total. The minimum absolute atomic E-state index is 0.507. The summed E-state index contributed by atoms with van der Waals surface area (Å²) >= 11 is 0. The van der Waals surface area contributed by atoms with Gasteiger partial charge in [-0.25, -0.2) is 0 Å². The van der Waals surface area contributed by atoms with E-state index in [1.807, 2.05) is 42.5 Å². The lowest BCUT2D eigenvalue weighted by Crippen LogP contribution is -2.00. The minimum atomic E-state index is 0.507. The van der Waals surface area contributed by atoms with Crippen LogP contribution in [-0.4, -0.2) is 13.7 Å². The smallest absolute Gasteiger partial charge is 0.131 e. The first-order chi connectivity index (χ1) is 10.3. The molecule has 21 heavy (non-hydrogen) atoms. The number of rotatable bonds is 7. The Morgan fingerprint density at radius 1 is 1.00 bits per heavy atom. The van der Waals surface area contributed by atoms with Crippen LogP contribution < -0.4 is 14.2 Å². The first-order valence-corrected chi connectivity index (χ1v) is 7.24. The van der Waals surface area contributed by atoms with Crippen LogP contribution in [0.15, 0.2) is 42.5 Å². The molecule has 2 aromatic carbocycles. The van der Waals surface area contributed by atoms with Gasteiger partial charge in [-0.3, -0.25) is 0 Å². The molecule has 0 spiro atoms. The monoisotopic (exact) mass is 283 g/mol. The highest BCUT2D eigenvalue weighted by Crippen LogP contribution is 2.30. The molecule has 1 aliphatic carbocycles. The van der Waals surface area contributed by atoms with Crippen molar-refractivity contribution in [2.24, 2.45) is 5.92 Å². The summed E-state index contributed by atoms with van der Waals surface area (Å²) in [4.78, 5) is 0. The van der Waals surface area contributed by atoms with Crippen molar-refractivity contribution in [3.63, 3.8) is 0 Å². The van der Waals surface area contributed by atoms with Crippen LogP contribution in [0.1, 0.15) is 18.4 Å². The highest BCUT2D eigenvalue weighted by Gasteiger charge is 2.21. The van der Waals surface area contributed by atoms with E-state index in [2.05, 4.69) is 6.07 Å². The number of methoxy groups -OCH3 is 1. The van der Waals surface area contributed by atoms with Crippen LogP contribution in [0, 0.1) is 12.0 Å². The van der Waals surface area contributed by atoms with Crippen molar-refractivity contribution < 1.29 is 14.2 Å². The van der Waals surface area contributed by atoms with E-state index in [1.165, 1.54) is 12.8 Å². The molecule has 109 valence electrons. The summed E-state index contributed by atoms with van der Waals surface area (Å²) in [5, 5.41) is 0. The predicted molar refractivity (Wildman–Crippen MR) is 80.8 cm³/mol. The Balaban J connectivity index is 1.54. The summed E-state index contributed by atoms with van der Waals surface area (Å²) in [5.74, 6) is 3.05. The molecule has 1 aliphatic rings. The van der Waals surface area contributed by atoms with Crippen LogP contribution >= 0.6 is 0 Å². The second-order valence-corrected chi connectivity index (χ2v) is 5.27. The van der Waals surface area contributed by atoms with Gasteiger partial charge in [0.25, 0.3) is 0 Å². The summed E-state index contributed by atoms with van der Waals surface area (Å²) in [6.45, 7) is 1.30. The van der Waals surface area contributed by atoms with Crippen LogP contribution in [0.2, 0.25) is 0 Å². The zero-order valence-electron chi connectivity index (χ0n) is 12.2. The topological polar surface area (TPSA) is 27.7 Å². The second kappa shape index (κ2) is 6.53. The average molecular weight is 283 g/mol. The molecule has 0 heterocycles. The summed E-state index contributed by atoms with van der Waals surface area (Å²) in [6, 6.07) is 16.7. The maximum Gasteiger partial charge on any atom is 0.131 e. The Morgan fingerprint density at radius 2 is 1.71 bits per heavy atom. The number of ether oxygens (including phenoxy) is 3. The number of hydrogen-bond donors (Lipinski definition) is 0. The highest BCUT2D eigenvalue weighted by molar-refractivity contribution is 5.32. The Bertz CT molecular complexity index is 573. The SMILES string of the molecule is COc1ccc(COc2[c]c(OCC3CC3)ccc2)cc1. The highest BCUT2D eigenvalue weighted by atomic mass is 16.5. The van der Waals surface area contributed by atoms with Gasteiger partial charge >= 0.3 is 0 Å². The van der Waals surface area contributed by atoms with Crippen molar-refractivity contribution in [1.29, 1.82) is 0 Å². The molecule has 1 saturated carbocycles. The van der Waals surface area contributed by atoms with Crippen LogP contribution in [0.25, 0.3) is 0 Å². The van der Waals surface area contributed by atoms with E-state index < -0.39 is 0 Å². The van der Waals surface area contributed by atoms with Crippen molar-refractivity contribution in [2.45, 2.75) is 19.4 Å². The van der Waals surface area contributed by atoms with Gasteiger partial charge in [0.05, 0.1) is 19.8 Å². The van der Waals surface area contributed by atoms with Crippen LogP contribution in [0.4, 0.5) is 0 Å². The van der Waals surface area contributed by atoms with Gasteiger partial charge < -0.3 is 14.2 Å². The molecule has 0 amide bonds. The van der Waals surface area contributed by atoms with Gasteiger partial charge in [0.15, 0.2) is 0 Å². The average Bonchev–Trinajstić information content (AvgIpc) is 3.36. The van der Waals surface area contributed by atoms with Gasteiger partial charge in [-0.05, 0) is 48.6 Å². The fraction of sp³-hybridized carbons (Fsp3) is 0.333. The third-order valence-corrected chi connectivity index (χ3v) is 3.47. The third-order valence-electron chi connectivity index (χ3n) is 3.47. The Hall–Kier alpha value is -2.16. The standard InChI is InChI=1S/C18H19O3/c1-19-16-9-7-15(8-10-16)13-21-18-4-2-3-17(11-18)20-12-14-5-6-14/h2-4,7-10,14H,5-6,12-13H2,1H3. The van der Waals surface area contributed by atoms with Gasteiger partial charge in [0, 0.05) is 0 Å². The third kappa shape index (κ3) is 4.15. The van der Waals surface area contributed by atoms with Gasteiger partial charge in [0.1, 0.15) is 23.9 Å². The lowest BCUT2D eigenvalue weighted by molar-refractivity contribution is 0.286. The summed E-state index contributed by atoms with van der Waals surface area (Å²) < 4.78 is 16.6. The van der Waals surface area contributed by atoms with Gasteiger partial charge in [0.2, 0.25) is 0 Å². The molecule has 3 rings (SSSR count). The maximum atomic E-state index is 5.75. The molecule has 0 bridgehead atoms. The molecule has 1 fully saturated rings. The first-order valence-electron chi connectivity index (χ1n) is 7.24. The number of hydrogen-bond acceptors (Lipinski definition) is 3. The summed E-state index contributed by atoms with van der Waals surface area (Å²) in [5.41, 5.74) is 1.09. The van der Waals surface area contributed by atoms with E-state index in [0.29, 0.717) is 12.4 Å². The van der Waals surface area contributed by atoms with Crippen LogP contribution in [0.3, 0.4) is 0 Å². The summed E-state index contributed by atoms with van der Waals surface area (Å²) in [7, 11) is 1.66. The van der Waals surface area contributed by atoms with E-state index in [4.69, 9.17) is 14.2 Å². The molecule has 0 atom stereocenters. The van der Waals surface area contributed by atoms with E-state index in [0.717, 1.165) is 29.6 Å². The largest absolute Gasteiger partial charge is 0.497 e. The quantitative estimate of drug-likeness (QED) is 0.772. The number of benzene rings is 2. The molecule has 0 aromatic heterocycles. The zero-order chi connectivity index (χ0) is 14.5. The Kier molecular flexibility index (Phi) is 4.29. The lowest BCUT2D eigenvalue weighted by atomic mass is 10.2. The molecule has 1 radical (unpaired) electrons. The molecule has 2 aromatic rings. The van der Waals surface area contributed by atoms with Gasteiger partial charge in [-0.1, -0.05) is 18.2 Å². The minimum Gasteiger partial charge on any atom is -0.497 e. The van der Waals surface area contributed by atoms with Crippen molar-refractivity contribution >= 4 is 0 Å². The van der Waals surface area contributed by atoms with Gasteiger partial charge in [-0.15, -0.1) is 0 Å². The first kappa shape index (κ1) is 13.8. The Labute approximate surface area is 125 Å². The predicted octanol–water partition coefficient (Wildman–Crippen LogP) is 3.86. The van der Waals surface area contributed by atoms with Crippen molar-refractivity contribution in [2.75, 3.05) is 13.7 Å². The normalized spacial score (nSPS) is 13.8. The molecule has 3 heteroatoms. The van der Waals surface area contributed by atoms with E-state index in [9.17, 15) is 0 Å². The van der Waals surface area contributed by atoms with E-state index in [1.54, 1.807) is 7.11 Å². The van der Waals surface area contributed by atoms with Crippen molar-refractivity contribution in [3.8, 4) is 17.2 Å².